The molecule has 4 N–H and O–H groups in total. The number of aliphatic hydroxyl groups excluding tert-OH is 4. The van der Waals surface area contributed by atoms with Crippen molar-refractivity contribution in [3.8, 4) is 0 Å². The predicted molar refractivity (Wildman–Crippen MR) is 265 cm³/mol. The van der Waals surface area contributed by atoms with Gasteiger partial charge in [-0.25, -0.2) is 0 Å². The van der Waals surface area contributed by atoms with Gasteiger partial charge in [0, 0.05) is 12.8 Å². The topological polar surface area (TPSA) is 152 Å². The largest absolute Gasteiger partial charge is 0.462 e. The molecule has 0 aromatic heterocycles. The average Bonchev–Trinajstić information content (AvgIpc) is 3.30. The number of unbranched alkanes of at least 4 members (excludes halogenated alkanes) is 26. The molecular formula is C55H98O10. The van der Waals surface area contributed by atoms with Crippen LogP contribution >= 0.6 is 0 Å². The lowest BCUT2D eigenvalue weighted by atomic mass is 9.99. The minimum absolute atomic E-state index is 0.200. The van der Waals surface area contributed by atoms with Crippen molar-refractivity contribution in [2.75, 3.05) is 19.8 Å². The smallest absolute Gasteiger partial charge is 0.306 e. The van der Waals surface area contributed by atoms with E-state index in [0.29, 0.717) is 12.8 Å². The van der Waals surface area contributed by atoms with Gasteiger partial charge in [0.15, 0.2) is 12.4 Å². The van der Waals surface area contributed by atoms with Gasteiger partial charge in [0.1, 0.15) is 31.0 Å². The monoisotopic (exact) mass is 919 g/mol. The van der Waals surface area contributed by atoms with Crippen LogP contribution in [-0.4, -0.2) is 89.0 Å². The van der Waals surface area contributed by atoms with Crippen LogP contribution in [-0.2, 0) is 28.5 Å². The fraction of sp³-hybridized carbons (Fsp3) is 0.818. The van der Waals surface area contributed by atoms with Crippen LogP contribution in [0.1, 0.15) is 232 Å². The van der Waals surface area contributed by atoms with Crippen molar-refractivity contribution in [1.82, 2.24) is 0 Å². The first-order valence-corrected chi connectivity index (χ1v) is 26.7. The summed E-state index contributed by atoms with van der Waals surface area (Å²) < 4.78 is 22.2. The molecule has 2 unspecified atom stereocenters. The number of allylic oxidation sites excluding steroid dienone is 8. The van der Waals surface area contributed by atoms with Gasteiger partial charge in [-0.15, -0.1) is 0 Å². The molecule has 6 atom stereocenters. The zero-order valence-electron chi connectivity index (χ0n) is 41.5. The molecule has 0 spiro atoms. The maximum Gasteiger partial charge on any atom is 0.306 e. The summed E-state index contributed by atoms with van der Waals surface area (Å²) in [6, 6.07) is 0. The molecule has 1 fully saturated rings. The molecule has 0 saturated carbocycles. The molecule has 1 rings (SSSR count). The molecule has 1 aliphatic heterocycles. The Morgan fingerprint density at radius 3 is 1.34 bits per heavy atom. The number of ether oxygens (including phenoxy) is 4. The van der Waals surface area contributed by atoms with Crippen molar-refractivity contribution in [2.24, 2.45) is 0 Å². The van der Waals surface area contributed by atoms with Gasteiger partial charge in [0.25, 0.3) is 0 Å². The Labute approximate surface area is 397 Å². The van der Waals surface area contributed by atoms with Gasteiger partial charge < -0.3 is 39.4 Å². The summed E-state index contributed by atoms with van der Waals surface area (Å²) in [6.45, 7) is 3.37. The molecule has 0 radical (unpaired) electrons. The normalized spacial score (nSPS) is 19.6. The van der Waals surface area contributed by atoms with E-state index < -0.39 is 55.4 Å². The second kappa shape index (κ2) is 45.4. The quantitative estimate of drug-likeness (QED) is 0.0264. The van der Waals surface area contributed by atoms with E-state index >= 15 is 0 Å². The standard InChI is InChI=1S/C55H98O10/c1-3-5-7-9-11-13-15-17-19-21-22-23-24-25-26-28-30-32-34-36-38-40-42-44-51(58)64-48(47-63-55-54(61)53(60)52(59)49(45-56)65-55)46-62-50(57)43-41-39-37-35-33-31-29-27-20-18-16-14-12-10-8-6-4-2/h12,14,18,20,29,31,35,37,48-49,52-56,59-61H,3-11,13,15-17,19,21-28,30,32-34,36,38-47H2,1-2H3/b14-12+,20-18+,31-29+,37-35+/t48-,49-,52+,53?,54?,55-/m1/s1. The molecule has 0 aromatic rings. The minimum Gasteiger partial charge on any atom is -0.462 e. The molecule has 1 heterocycles. The van der Waals surface area contributed by atoms with Gasteiger partial charge in [0.2, 0.25) is 0 Å². The molecule has 378 valence electrons. The zero-order chi connectivity index (χ0) is 47.3. The highest BCUT2D eigenvalue weighted by Crippen LogP contribution is 2.23. The van der Waals surface area contributed by atoms with E-state index in [9.17, 15) is 30.0 Å². The molecular weight excluding hydrogens is 821 g/mol. The molecule has 65 heavy (non-hydrogen) atoms. The molecule has 1 aliphatic rings. The lowest BCUT2D eigenvalue weighted by Gasteiger charge is -2.39. The second-order valence-electron chi connectivity index (χ2n) is 18.3. The highest BCUT2D eigenvalue weighted by atomic mass is 16.7. The van der Waals surface area contributed by atoms with Gasteiger partial charge in [-0.05, 0) is 51.4 Å². The summed E-state index contributed by atoms with van der Waals surface area (Å²) in [4.78, 5) is 25.4. The number of aliphatic hydroxyl groups is 4. The molecule has 0 bridgehead atoms. The average molecular weight is 919 g/mol. The van der Waals surface area contributed by atoms with E-state index in [4.69, 9.17) is 18.9 Å². The molecule has 0 amide bonds. The number of esters is 2. The van der Waals surface area contributed by atoms with Crippen molar-refractivity contribution in [1.29, 1.82) is 0 Å². The summed E-state index contributed by atoms with van der Waals surface area (Å²) in [7, 11) is 0. The van der Waals surface area contributed by atoms with Gasteiger partial charge in [-0.2, -0.15) is 0 Å². The number of hydrogen-bond acceptors (Lipinski definition) is 10. The van der Waals surface area contributed by atoms with Gasteiger partial charge >= 0.3 is 11.9 Å². The van der Waals surface area contributed by atoms with Crippen molar-refractivity contribution in [2.45, 2.75) is 269 Å². The van der Waals surface area contributed by atoms with Crippen molar-refractivity contribution >= 4 is 11.9 Å². The molecule has 10 heteroatoms. The summed E-state index contributed by atoms with van der Waals surface area (Å²) in [6.07, 6.45) is 48.5. The van der Waals surface area contributed by atoms with Crippen molar-refractivity contribution in [3.05, 3.63) is 48.6 Å². The fourth-order valence-electron chi connectivity index (χ4n) is 8.01. The lowest BCUT2D eigenvalue weighted by Crippen LogP contribution is -2.59. The van der Waals surface area contributed by atoms with E-state index in [1.54, 1.807) is 0 Å². The number of carbonyl (C=O) groups excluding carboxylic acids is 2. The Morgan fingerprint density at radius 1 is 0.477 bits per heavy atom. The summed E-state index contributed by atoms with van der Waals surface area (Å²) >= 11 is 0. The van der Waals surface area contributed by atoms with E-state index in [1.807, 2.05) is 0 Å². The summed E-state index contributed by atoms with van der Waals surface area (Å²) in [5, 5.41) is 40.2. The minimum atomic E-state index is -1.60. The van der Waals surface area contributed by atoms with Crippen LogP contribution in [0.5, 0.6) is 0 Å². The van der Waals surface area contributed by atoms with Crippen LogP contribution in [0.2, 0.25) is 0 Å². The maximum absolute atomic E-state index is 12.8. The van der Waals surface area contributed by atoms with Crippen LogP contribution in [0, 0.1) is 0 Å². The Bertz CT molecular complexity index is 1200. The van der Waals surface area contributed by atoms with E-state index in [-0.39, 0.29) is 26.1 Å². The second-order valence-corrected chi connectivity index (χ2v) is 18.3. The van der Waals surface area contributed by atoms with Gasteiger partial charge in [0.05, 0.1) is 13.2 Å². The maximum atomic E-state index is 12.8. The molecule has 1 saturated heterocycles. The number of carbonyl (C=O) groups is 2. The fourth-order valence-corrected chi connectivity index (χ4v) is 8.01. The highest BCUT2D eigenvalue weighted by molar-refractivity contribution is 5.70. The zero-order valence-corrected chi connectivity index (χ0v) is 41.5. The number of rotatable bonds is 45. The number of hydrogen-bond donors (Lipinski definition) is 4. The Balaban J connectivity index is 2.26. The molecule has 0 aromatic carbocycles. The Kier molecular flexibility index (Phi) is 42.4. The molecule has 10 nitrogen and oxygen atoms in total. The van der Waals surface area contributed by atoms with Crippen molar-refractivity contribution in [3.63, 3.8) is 0 Å². The predicted octanol–water partition coefficient (Wildman–Crippen LogP) is 12.8. The third kappa shape index (κ3) is 36.4. The molecule has 0 aliphatic carbocycles. The third-order valence-corrected chi connectivity index (χ3v) is 12.2. The van der Waals surface area contributed by atoms with Gasteiger partial charge in [-0.1, -0.05) is 217 Å². The first-order chi connectivity index (χ1) is 31.8. The van der Waals surface area contributed by atoms with Crippen LogP contribution in [0.3, 0.4) is 0 Å². The van der Waals surface area contributed by atoms with Crippen LogP contribution in [0.4, 0.5) is 0 Å². The van der Waals surface area contributed by atoms with Crippen LogP contribution < -0.4 is 0 Å². The van der Waals surface area contributed by atoms with Gasteiger partial charge in [-0.3, -0.25) is 9.59 Å². The van der Waals surface area contributed by atoms with Crippen LogP contribution in [0.25, 0.3) is 0 Å². The Hall–Kier alpha value is -2.34. The SMILES string of the molecule is CCCCC/C=C/C/C=C/C/C=C/C/C=C/CCCC(=O)OC[C@H](CO[C@@H]1O[C@H](CO)[C@H](O)C(O)C1O)OC(=O)CCCCCCCCCCCCCCCCCCCCCCCCC. The summed E-state index contributed by atoms with van der Waals surface area (Å²) in [5.74, 6) is -0.864. The highest BCUT2D eigenvalue weighted by Gasteiger charge is 2.44. The van der Waals surface area contributed by atoms with Crippen LogP contribution in [0.15, 0.2) is 48.6 Å². The van der Waals surface area contributed by atoms with Crippen molar-refractivity contribution < 1.29 is 49.0 Å². The van der Waals surface area contributed by atoms with E-state index in [2.05, 4.69) is 62.5 Å². The first-order valence-electron chi connectivity index (χ1n) is 26.7. The summed E-state index contributed by atoms with van der Waals surface area (Å²) in [5.41, 5.74) is 0. The van der Waals surface area contributed by atoms with E-state index in [0.717, 1.165) is 44.9 Å². The lowest BCUT2D eigenvalue weighted by molar-refractivity contribution is -0.305. The van der Waals surface area contributed by atoms with E-state index in [1.165, 1.54) is 148 Å². The first kappa shape index (κ1) is 60.7. The Morgan fingerprint density at radius 2 is 0.877 bits per heavy atom. The third-order valence-electron chi connectivity index (χ3n) is 12.2.